The Bertz CT molecular complexity index is 905. The van der Waals surface area contributed by atoms with E-state index in [4.69, 9.17) is 9.47 Å². The summed E-state index contributed by atoms with van der Waals surface area (Å²) in [4.78, 5) is 18.7. The van der Waals surface area contributed by atoms with Crippen LogP contribution in [0.5, 0.6) is 11.5 Å². The van der Waals surface area contributed by atoms with Crippen molar-refractivity contribution < 1.29 is 14.3 Å². The van der Waals surface area contributed by atoms with Crippen molar-refractivity contribution in [1.82, 2.24) is 15.2 Å². The second kappa shape index (κ2) is 9.30. The molecule has 1 N–H and O–H groups in total. The van der Waals surface area contributed by atoms with E-state index in [1.165, 1.54) is 5.57 Å². The molecule has 1 fully saturated rings. The number of aromatic nitrogens is 1. The standard InChI is InChI=1S/C24H29N3O3/c1-17(28)26-24(22-5-3-4-10-25-22)19-8-11-27(12-9-19)15-18-13-20-14-21(29-2)6-7-23(20)30-16-18/h3-7,10,13-14,19,24H,8-9,11-12,15-16H2,1-2H3,(H,26,28). The van der Waals surface area contributed by atoms with Gasteiger partial charge in [0.2, 0.25) is 5.91 Å². The number of methoxy groups -OCH3 is 1. The normalized spacial score (nSPS) is 18.0. The molecule has 30 heavy (non-hydrogen) atoms. The van der Waals surface area contributed by atoms with Crippen molar-refractivity contribution in [3.8, 4) is 11.5 Å². The van der Waals surface area contributed by atoms with Gasteiger partial charge in [0.1, 0.15) is 18.1 Å². The van der Waals surface area contributed by atoms with Gasteiger partial charge in [0.15, 0.2) is 0 Å². The second-order valence-electron chi connectivity index (χ2n) is 8.04. The number of ether oxygens (including phenoxy) is 2. The lowest BCUT2D eigenvalue weighted by Crippen LogP contribution is -2.41. The molecule has 0 radical (unpaired) electrons. The zero-order valence-corrected chi connectivity index (χ0v) is 17.6. The van der Waals surface area contributed by atoms with Crippen molar-refractivity contribution in [2.45, 2.75) is 25.8 Å². The molecule has 1 saturated heterocycles. The molecule has 0 saturated carbocycles. The van der Waals surface area contributed by atoms with E-state index in [0.29, 0.717) is 12.5 Å². The average Bonchev–Trinajstić information content (AvgIpc) is 2.78. The fourth-order valence-electron chi connectivity index (χ4n) is 4.36. The first-order valence-corrected chi connectivity index (χ1v) is 10.5. The minimum atomic E-state index is -0.0255. The molecule has 2 aliphatic rings. The first-order chi connectivity index (χ1) is 14.6. The van der Waals surface area contributed by atoms with Crippen molar-refractivity contribution in [2.24, 2.45) is 5.92 Å². The van der Waals surface area contributed by atoms with Crippen LogP contribution in [0.4, 0.5) is 0 Å². The summed E-state index contributed by atoms with van der Waals surface area (Å²) >= 11 is 0. The third-order valence-electron chi connectivity index (χ3n) is 5.89. The van der Waals surface area contributed by atoms with Gasteiger partial charge in [-0.25, -0.2) is 0 Å². The van der Waals surface area contributed by atoms with Crippen LogP contribution in [-0.4, -0.2) is 49.1 Å². The van der Waals surface area contributed by atoms with Crippen molar-refractivity contribution in [2.75, 3.05) is 33.4 Å². The second-order valence-corrected chi connectivity index (χ2v) is 8.04. The molecule has 2 aromatic rings. The van der Waals surface area contributed by atoms with E-state index in [-0.39, 0.29) is 11.9 Å². The lowest BCUT2D eigenvalue weighted by Gasteiger charge is -2.36. The number of carbonyl (C=O) groups excluding carboxylic acids is 1. The molecule has 1 unspecified atom stereocenters. The molecule has 6 heteroatoms. The summed E-state index contributed by atoms with van der Waals surface area (Å²) in [5, 5.41) is 3.12. The zero-order valence-electron chi connectivity index (χ0n) is 17.6. The Morgan fingerprint density at radius 2 is 2.13 bits per heavy atom. The number of hydrogen-bond donors (Lipinski definition) is 1. The summed E-state index contributed by atoms with van der Waals surface area (Å²) in [6.07, 6.45) is 6.07. The lowest BCUT2D eigenvalue weighted by molar-refractivity contribution is -0.120. The predicted octanol–water partition coefficient (Wildman–Crippen LogP) is 3.46. The molecule has 0 spiro atoms. The third-order valence-corrected chi connectivity index (χ3v) is 5.89. The Balaban J connectivity index is 1.38. The number of benzene rings is 1. The smallest absolute Gasteiger partial charge is 0.217 e. The van der Waals surface area contributed by atoms with Gasteiger partial charge in [0, 0.05) is 25.2 Å². The fourth-order valence-corrected chi connectivity index (χ4v) is 4.36. The maximum absolute atomic E-state index is 11.8. The number of fused-ring (bicyclic) bond motifs is 1. The van der Waals surface area contributed by atoms with Crippen molar-refractivity contribution in [3.05, 3.63) is 59.4 Å². The van der Waals surface area contributed by atoms with Gasteiger partial charge in [-0.05, 0) is 73.8 Å². The quantitative estimate of drug-likeness (QED) is 0.795. The average molecular weight is 408 g/mol. The number of nitrogens with one attached hydrogen (secondary N) is 1. The van der Waals surface area contributed by atoms with Gasteiger partial charge in [0.05, 0.1) is 18.8 Å². The monoisotopic (exact) mass is 407 g/mol. The number of pyridine rings is 1. The van der Waals surface area contributed by atoms with Gasteiger partial charge in [-0.2, -0.15) is 0 Å². The number of amides is 1. The van der Waals surface area contributed by atoms with Gasteiger partial charge < -0.3 is 14.8 Å². The molecule has 3 heterocycles. The Hall–Kier alpha value is -2.86. The topological polar surface area (TPSA) is 63.7 Å². The highest BCUT2D eigenvalue weighted by Crippen LogP contribution is 2.32. The Morgan fingerprint density at radius 1 is 1.30 bits per heavy atom. The van der Waals surface area contributed by atoms with Crippen LogP contribution < -0.4 is 14.8 Å². The number of hydrogen-bond acceptors (Lipinski definition) is 5. The largest absolute Gasteiger partial charge is 0.497 e. The summed E-state index contributed by atoms with van der Waals surface area (Å²) in [5.74, 6) is 2.13. The first kappa shape index (κ1) is 20.4. The summed E-state index contributed by atoms with van der Waals surface area (Å²) in [7, 11) is 1.68. The summed E-state index contributed by atoms with van der Waals surface area (Å²) in [5.41, 5.74) is 3.30. The minimum Gasteiger partial charge on any atom is -0.497 e. The van der Waals surface area contributed by atoms with Crippen LogP contribution in [0.3, 0.4) is 0 Å². The maximum Gasteiger partial charge on any atom is 0.217 e. The Morgan fingerprint density at radius 3 is 2.83 bits per heavy atom. The lowest BCUT2D eigenvalue weighted by atomic mass is 9.87. The Kier molecular flexibility index (Phi) is 6.33. The molecule has 2 aliphatic heterocycles. The highest BCUT2D eigenvalue weighted by atomic mass is 16.5. The van der Waals surface area contributed by atoms with Crippen LogP contribution in [0.25, 0.3) is 6.08 Å². The summed E-state index contributed by atoms with van der Waals surface area (Å²) in [6, 6.07) is 11.8. The minimum absolute atomic E-state index is 0.00770. The number of rotatable bonds is 6. The van der Waals surface area contributed by atoms with Crippen LogP contribution in [0.2, 0.25) is 0 Å². The van der Waals surface area contributed by atoms with Crippen LogP contribution in [0.15, 0.2) is 48.2 Å². The fraction of sp³-hybridized carbons (Fsp3) is 0.417. The van der Waals surface area contributed by atoms with E-state index in [0.717, 1.165) is 55.2 Å². The van der Waals surface area contributed by atoms with E-state index in [2.05, 4.69) is 21.3 Å². The number of piperidine rings is 1. The summed E-state index contributed by atoms with van der Waals surface area (Å²) < 4.78 is 11.3. The maximum atomic E-state index is 11.8. The number of carbonyl (C=O) groups is 1. The molecule has 1 aromatic carbocycles. The molecule has 1 amide bonds. The van der Waals surface area contributed by atoms with E-state index < -0.39 is 0 Å². The van der Waals surface area contributed by atoms with Crippen LogP contribution in [0.1, 0.15) is 37.1 Å². The van der Waals surface area contributed by atoms with Crippen LogP contribution in [-0.2, 0) is 4.79 Å². The Labute approximate surface area is 177 Å². The molecule has 0 bridgehead atoms. The van der Waals surface area contributed by atoms with Gasteiger partial charge in [0.25, 0.3) is 0 Å². The number of likely N-dealkylation sites (tertiary alicyclic amines) is 1. The van der Waals surface area contributed by atoms with Crippen molar-refractivity contribution in [3.63, 3.8) is 0 Å². The van der Waals surface area contributed by atoms with E-state index >= 15 is 0 Å². The molecular formula is C24H29N3O3. The molecule has 1 aromatic heterocycles. The van der Waals surface area contributed by atoms with Crippen molar-refractivity contribution >= 4 is 12.0 Å². The van der Waals surface area contributed by atoms with E-state index in [1.54, 1.807) is 20.2 Å². The van der Waals surface area contributed by atoms with Gasteiger partial charge in [-0.1, -0.05) is 6.07 Å². The highest BCUT2D eigenvalue weighted by Gasteiger charge is 2.29. The third kappa shape index (κ3) is 4.82. The zero-order chi connectivity index (χ0) is 20.9. The molecular weight excluding hydrogens is 378 g/mol. The van der Waals surface area contributed by atoms with Crippen LogP contribution in [0, 0.1) is 5.92 Å². The molecule has 158 valence electrons. The highest BCUT2D eigenvalue weighted by molar-refractivity contribution is 5.73. The van der Waals surface area contributed by atoms with E-state index in [9.17, 15) is 4.79 Å². The van der Waals surface area contributed by atoms with Crippen LogP contribution >= 0.6 is 0 Å². The SMILES string of the molecule is COc1ccc2c(c1)C=C(CN1CCC(C(NC(C)=O)c3ccccn3)CC1)CO2. The van der Waals surface area contributed by atoms with E-state index in [1.807, 2.05) is 36.4 Å². The molecule has 4 rings (SSSR count). The van der Waals surface area contributed by atoms with Gasteiger partial charge >= 0.3 is 0 Å². The molecule has 1 atom stereocenters. The molecule has 6 nitrogen and oxygen atoms in total. The van der Waals surface area contributed by atoms with Gasteiger partial charge in [-0.3, -0.25) is 14.7 Å². The van der Waals surface area contributed by atoms with Crippen molar-refractivity contribution in [1.29, 1.82) is 0 Å². The molecule has 0 aliphatic carbocycles. The first-order valence-electron chi connectivity index (χ1n) is 10.5. The van der Waals surface area contributed by atoms with Gasteiger partial charge in [-0.15, -0.1) is 0 Å². The number of nitrogens with zero attached hydrogens (tertiary/aromatic N) is 2. The summed E-state index contributed by atoms with van der Waals surface area (Å²) in [6.45, 7) is 5.10. The predicted molar refractivity (Wildman–Crippen MR) is 116 cm³/mol.